The van der Waals surface area contributed by atoms with Crippen LogP contribution in [0.5, 0.6) is 0 Å². The van der Waals surface area contributed by atoms with Crippen molar-refractivity contribution in [2.45, 2.75) is 45.1 Å². The van der Waals surface area contributed by atoms with Crippen molar-refractivity contribution in [3.8, 4) is 0 Å². The van der Waals surface area contributed by atoms with Gasteiger partial charge in [0.25, 0.3) is 0 Å². The number of benzene rings is 1. The van der Waals surface area contributed by atoms with Gasteiger partial charge < -0.3 is 0 Å². The van der Waals surface area contributed by atoms with E-state index < -0.39 is 0 Å². The molecule has 2 fully saturated rings. The molecular formula is C16H19N3. The second-order valence-electron chi connectivity index (χ2n) is 6.18. The predicted molar refractivity (Wildman–Crippen MR) is 73.9 cm³/mol. The van der Waals surface area contributed by atoms with Crippen molar-refractivity contribution in [3.63, 3.8) is 0 Å². The zero-order chi connectivity index (χ0) is 12.9. The smallest absolute Gasteiger partial charge is 0.138 e. The van der Waals surface area contributed by atoms with Gasteiger partial charge in [-0.2, -0.15) is 5.10 Å². The first-order valence-corrected chi connectivity index (χ1v) is 7.21. The van der Waals surface area contributed by atoms with Gasteiger partial charge in [0.15, 0.2) is 0 Å². The third kappa shape index (κ3) is 1.71. The Labute approximate surface area is 113 Å². The van der Waals surface area contributed by atoms with E-state index in [1.165, 1.54) is 42.6 Å². The van der Waals surface area contributed by atoms with Gasteiger partial charge >= 0.3 is 0 Å². The van der Waals surface area contributed by atoms with Crippen molar-refractivity contribution in [1.82, 2.24) is 14.8 Å². The van der Waals surface area contributed by atoms with Crippen LogP contribution in [0.15, 0.2) is 30.6 Å². The summed E-state index contributed by atoms with van der Waals surface area (Å²) in [5.74, 6) is 1.88. The maximum absolute atomic E-state index is 4.53. The van der Waals surface area contributed by atoms with Crippen molar-refractivity contribution >= 4 is 0 Å². The van der Waals surface area contributed by atoms with Crippen molar-refractivity contribution in [2.75, 3.05) is 0 Å². The average Bonchev–Trinajstić information content (AvgIpc) is 2.99. The Kier molecular flexibility index (Phi) is 2.32. The second kappa shape index (κ2) is 3.92. The molecule has 0 radical (unpaired) electrons. The molecule has 2 aliphatic rings. The minimum atomic E-state index is 0.622. The van der Waals surface area contributed by atoms with Crippen LogP contribution >= 0.6 is 0 Å². The molecule has 3 heteroatoms. The molecular weight excluding hydrogens is 234 g/mol. The molecule has 1 aromatic carbocycles. The molecule has 1 heterocycles. The Balaban J connectivity index is 1.60. The molecule has 1 atom stereocenters. The van der Waals surface area contributed by atoms with Crippen LogP contribution in [0.3, 0.4) is 0 Å². The van der Waals surface area contributed by atoms with Crippen LogP contribution < -0.4 is 0 Å². The SMILES string of the molecule is Cc1ccccc1Cn1ncnc1C1CC12CCC2. The standard InChI is InChI=1S/C16H19N3/c1-12-5-2-3-6-13(12)10-19-15(17-11-18-19)14-9-16(14)7-4-8-16/h2-3,5-6,11,14H,4,7-10H2,1H3. The van der Waals surface area contributed by atoms with Crippen LogP contribution in [0.4, 0.5) is 0 Å². The van der Waals surface area contributed by atoms with E-state index in [0.29, 0.717) is 11.3 Å². The summed E-state index contributed by atoms with van der Waals surface area (Å²) in [4.78, 5) is 4.53. The van der Waals surface area contributed by atoms with Crippen LogP contribution in [-0.2, 0) is 6.54 Å². The molecule has 2 aliphatic carbocycles. The van der Waals surface area contributed by atoms with E-state index in [0.717, 1.165) is 6.54 Å². The lowest BCUT2D eigenvalue weighted by Gasteiger charge is -2.26. The molecule has 98 valence electrons. The lowest BCUT2D eigenvalue weighted by molar-refractivity contribution is 0.273. The largest absolute Gasteiger partial charge is 0.245 e. The highest BCUT2D eigenvalue weighted by Gasteiger charge is 2.59. The number of rotatable bonds is 3. The van der Waals surface area contributed by atoms with E-state index in [9.17, 15) is 0 Å². The fourth-order valence-electron chi connectivity index (χ4n) is 3.51. The third-order valence-corrected chi connectivity index (χ3v) is 5.08. The first kappa shape index (κ1) is 11.2. The monoisotopic (exact) mass is 253 g/mol. The van der Waals surface area contributed by atoms with Crippen molar-refractivity contribution in [3.05, 3.63) is 47.5 Å². The molecule has 1 aromatic heterocycles. The number of aryl methyl sites for hydroxylation is 1. The summed E-state index contributed by atoms with van der Waals surface area (Å²) in [6.07, 6.45) is 7.25. The molecule has 0 N–H and O–H groups in total. The molecule has 4 rings (SSSR count). The molecule has 3 nitrogen and oxygen atoms in total. The van der Waals surface area contributed by atoms with Crippen LogP contribution in [0.2, 0.25) is 0 Å². The number of nitrogens with zero attached hydrogens (tertiary/aromatic N) is 3. The fourth-order valence-corrected chi connectivity index (χ4v) is 3.51. The van der Waals surface area contributed by atoms with Crippen LogP contribution in [0, 0.1) is 12.3 Å². The van der Waals surface area contributed by atoms with E-state index in [2.05, 4.69) is 46.0 Å². The molecule has 0 aliphatic heterocycles. The van der Waals surface area contributed by atoms with Gasteiger partial charge in [-0.3, -0.25) is 0 Å². The van der Waals surface area contributed by atoms with Crippen LogP contribution in [0.1, 0.15) is 48.6 Å². The summed E-state index contributed by atoms with van der Waals surface area (Å²) >= 11 is 0. The van der Waals surface area contributed by atoms with Crippen molar-refractivity contribution in [2.24, 2.45) is 5.41 Å². The summed E-state index contributed by atoms with van der Waals surface area (Å²) in [5, 5.41) is 4.44. The Morgan fingerprint density at radius 1 is 1.32 bits per heavy atom. The molecule has 19 heavy (non-hydrogen) atoms. The zero-order valence-electron chi connectivity index (χ0n) is 11.3. The highest BCUT2D eigenvalue weighted by molar-refractivity contribution is 5.27. The van der Waals surface area contributed by atoms with E-state index in [4.69, 9.17) is 0 Å². The van der Waals surface area contributed by atoms with Gasteiger partial charge in [-0.05, 0) is 42.7 Å². The summed E-state index contributed by atoms with van der Waals surface area (Å²) in [7, 11) is 0. The number of hydrogen-bond acceptors (Lipinski definition) is 2. The Hall–Kier alpha value is -1.64. The van der Waals surface area contributed by atoms with Gasteiger partial charge in [0.1, 0.15) is 12.2 Å². The Morgan fingerprint density at radius 3 is 2.84 bits per heavy atom. The molecule has 1 unspecified atom stereocenters. The van der Waals surface area contributed by atoms with Crippen LogP contribution in [0.25, 0.3) is 0 Å². The highest BCUT2D eigenvalue weighted by Crippen LogP contribution is 2.69. The van der Waals surface area contributed by atoms with Crippen molar-refractivity contribution in [1.29, 1.82) is 0 Å². The second-order valence-corrected chi connectivity index (χ2v) is 6.18. The van der Waals surface area contributed by atoms with Gasteiger partial charge in [-0.1, -0.05) is 30.7 Å². The predicted octanol–water partition coefficient (Wildman–Crippen LogP) is 3.29. The average molecular weight is 253 g/mol. The summed E-state index contributed by atoms with van der Waals surface area (Å²) in [6, 6.07) is 8.54. The van der Waals surface area contributed by atoms with E-state index >= 15 is 0 Å². The van der Waals surface area contributed by atoms with Gasteiger partial charge in [0, 0.05) is 5.92 Å². The fraction of sp³-hybridized carbons (Fsp3) is 0.500. The zero-order valence-corrected chi connectivity index (χ0v) is 11.3. The quantitative estimate of drug-likeness (QED) is 0.840. The lowest BCUT2D eigenvalue weighted by atomic mass is 9.79. The number of aromatic nitrogens is 3. The maximum Gasteiger partial charge on any atom is 0.138 e. The van der Waals surface area contributed by atoms with Crippen LogP contribution in [-0.4, -0.2) is 14.8 Å². The molecule has 0 bridgehead atoms. The number of hydrogen-bond donors (Lipinski definition) is 0. The van der Waals surface area contributed by atoms with Crippen molar-refractivity contribution < 1.29 is 0 Å². The third-order valence-electron chi connectivity index (χ3n) is 5.08. The van der Waals surface area contributed by atoms with Gasteiger partial charge in [0.2, 0.25) is 0 Å². The summed E-state index contributed by atoms with van der Waals surface area (Å²) < 4.78 is 2.11. The van der Waals surface area contributed by atoms with Gasteiger partial charge in [-0.15, -0.1) is 0 Å². The maximum atomic E-state index is 4.53. The normalized spacial score (nSPS) is 23.3. The van der Waals surface area contributed by atoms with Gasteiger partial charge in [-0.25, -0.2) is 9.67 Å². The first-order valence-electron chi connectivity index (χ1n) is 7.21. The summed E-state index contributed by atoms with van der Waals surface area (Å²) in [5.41, 5.74) is 3.30. The highest BCUT2D eigenvalue weighted by atomic mass is 15.3. The molecule has 0 amide bonds. The minimum Gasteiger partial charge on any atom is -0.245 e. The molecule has 0 saturated heterocycles. The molecule has 1 spiro atoms. The lowest BCUT2D eigenvalue weighted by Crippen LogP contribution is -2.16. The first-order chi connectivity index (χ1) is 9.28. The van der Waals surface area contributed by atoms with E-state index in [-0.39, 0.29) is 0 Å². The minimum absolute atomic E-state index is 0.622. The molecule has 2 aromatic rings. The molecule has 2 saturated carbocycles. The summed E-state index contributed by atoms with van der Waals surface area (Å²) in [6.45, 7) is 3.02. The van der Waals surface area contributed by atoms with Gasteiger partial charge in [0.05, 0.1) is 6.54 Å². The Bertz CT molecular complexity index is 610. The Morgan fingerprint density at radius 2 is 2.16 bits per heavy atom. The van der Waals surface area contributed by atoms with E-state index in [1.54, 1.807) is 6.33 Å². The van der Waals surface area contributed by atoms with E-state index in [1.807, 2.05) is 0 Å². The topological polar surface area (TPSA) is 30.7 Å².